The van der Waals surface area contributed by atoms with Crippen molar-refractivity contribution in [2.75, 3.05) is 29.9 Å². The van der Waals surface area contributed by atoms with Gasteiger partial charge in [-0.2, -0.15) is 4.98 Å². The normalized spacial score (nSPS) is 28.5. The number of likely N-dealkylation sites (tertiary alicyclic amines) is 1. The lowest BCUT2D eigenvalue weighted by molar-refractivity contribution is 0.0738. The monoisotopic (exact) mass is 385 g/mol. The van der Waals surface area contributed by atoms with E-state index in [0.717, 1.165) is 30.9 Å². The Morgan fingerprint density at radius 1 is 0.857 bits per heavy atom. The molecule has 1 N–H and O–H groups in total. The van der Waals surface area contributed by atoms with Crippen molar-refractivity contribution in [3.63, 3.8) is 0 Å². The zero-order valence-corrected chi connectivity index (χ0v) is 17.8. The Hall–Kier alpha value is -1.36. The van der Waals surface area contributed by atoms with Gasteiger partial charge in [-0.25, -0.2) is 4.98 Å². The highest BCUT2D eigenvalue weighted by atomic mass is 15.3. The molecule has 156 valence electrons. The van der Waals surface area contributed by atoms with Crippen molar-refractivity contribution in [2.24, 2.45) is 0 Å². The fraction of sp³-hybridized carbons (Fsp3) is 0.826. The van der Waals surface area contributed by atoms with Gasteiger partial charge in [0.05, 0.1) is 0 Å². The van der Waals surface area contributed by atoms with Crippen LogP contribution >= 0.6 is 0 Å². The standard InChI is InChI=1S/C23H39N5/c1-19-21(13-10-18-28(19)20-11-6-5-7-12-20)25-23-24-15-14-22(26-23)27-16-8-3-2-4-9-17-27/h14-15,19-21H,2-13,16-18H2,1H3,(H,24,25,26)/t19-,21+/m1/s1. The molecule has 0 unspecified atom stereocenters. The van der Waals surface area contributed by atoms with E-state index in [2.05, 4.69) is 33.1 Å². The molecule has 28 heavy (non-hydrogen) atoms. The summed E-state index contributed by atoms with van der Waals surface area (Å²) in [6, 6.07) is 3.90. The van der Waals surface area contributed by atoms with Gasteiger partial charge < -0.3 is 10.2 Å². The molecule has 3 heterocycles. The van der Waals surface area contributed by atoms with Crippen LogP contribution in [0, 0.1) is 0 Å². The first-order valence-electron chi connectivity index (χ1n) is 11.9. The van der Waals surface area contributed by atoms with E-state index in [1.165, 1.54) is 83.6 Å². The van der Waals surface area contributed by atoms with Crippen LogP contribution < -0.4 is 10.2 Å². The molecule has 3 fully saturated rings. The molecule has 1 saturated carbocycles. The Kier molecular flexibility index (Phi) is 7.05. The topological polar surface area (TPSA) is 44.3 Å². The molecule has 0 aromatic carbocycles. The summed E-state index contributed by atoms with van der Waals surface area (Å²) in [6.45, 7) is 5.93. The van der Waals surface area contributed by atoms with E-state index in [1.807, 2.05) is 6.20 Å². The molecule has 2 aliphatic heterocycles. The third kappa shape index (κ3) is 4.97. The minimum Gasteiger partial charge on any atom is -0.356 e. The average Bonchev–Trinajstić information content (AvgIpc) is 2.70. The summed E-state index contributed by atoms with van der Waals surface area (Å²) in [6.07, 6.45) is 18.1. The van der Waals surface area contributed by atoms with Crippen LogP contribution in [-0.4, -0.2) is 52.6 Å². The van der Waals surface area contributed by atoms with Gasteiger partial charge in [0.2, 0.25) is 5.95 Å². The number of aromatic nitrogens is 2. The van der Waals surface area contributed by atoms with E-state index in [0.29, 0.717) is 12.1 Å². The number of hydrogen-bond acceptors (Lipinski definition) is 5. The maximum absolute atomic E-state index is 4.92. The van der Waals surface area contributed by atoms with Gasteiger partial charge in [0, 0.05) is 37.4 Å². The van der Waals surface area contributed by atoms with Crippen LogP contribution in [0.2, 0.25) is 0 Å². The van der Waals surface area contributed by atoms with Crippen LogP contribution in [0.25, 0.3) is 0 Å². The van der Waals surface area contributed by atoms with E-state index in [9.17, 15) is 0 Å². The minimum absolute atomic E-state index is 0.457. The molecule has 2 atom stereocenters. The summed E-state index contributed by atoms with van der Waals surface area (Å²) >= 11 is 0. The Bertz CT molecular complexity index is 592. The Balaban J connectivity index is 1.40. The highest BCUT2D eigenvalue weighted by molar-refractivity contribution is 5.43. The molecule has 4 rings (SSSR count). The fourth-order valence-corrected chi connectivity index (χ4v) is 5.53. The maximum Gasteiger partial charge on any atom is 0.224 e. The summed E-state index contributed by atoms with van der Waals surface area (Å²) < 4.78 is 0. The Morgan fingerprint density at radius 2 is 1.57 bits per heavy atom. The third-order valence-electron chi connectivity index (χ3n) is 7.22. The number of piperidine rings is 1. The number of hydrogen-bond donors (Lipinski definition) is 1. The van der Waals surface area contributed by atoms with Gasteiger partial charge in [-0.1, -0.05) is 38.5 Å². The van der Waals surface area contributed by atoms with Gasteiger partial charge in [0.25, 0.3) is 0 Å². The summed E-state index contributed by atoms with van der Waals surface area (Å²) in [5.41, 5.74) is 0. The number of nitrogens with one attached hydrogen (secondary N) is 1. The lowest BCUT2D eigenvalue weighted by Crippen LogP contribution is -2.54. The predicted octanol–water partition coefficient (Wildman–Crippen LogP) is 4.84. The smallest absolute Gasteiger partial charge is 0.224 e. The highest BCUT2D eigenvalue weighted by Gasteiger charge is 2.33. The predicted molar refractivity (Wildman–Crippen MR) is 117 cm³/mol. The van der Waals surface area contributed by atoms with Gasteiger partial charge in [-0.3, -0.25) is 4.90 Å². The lowest BCUT2D eigenvalue weighted by atomic mass is 9.89. The fourth-order valence-electron chi connectivity index (χ4n) is 5.53. The molecule has 0 spiro atoms. The molecular weight excluding hydrogens is 346 g/mol. The van der Waals surface area contributed by atoms with Crippen molar-refractivity contribution < 1.29 is 0 Å². The van der Waals surface area contributed by atoms with Gasteiger partial charge in [0.15, 0.2) is 0 Å². The number of nitrogens with zero attached hydrogens (tertiary/aromatic N) is 4. The maximum atomic E-state index is 4.92. The quantitative estimate of drug-likeness (QED) is 0.803. The van der Waals surface area contributed by atoms with Crippen molar-refractivity contribution in [3.05, 3.63) is 12.3 Å². The third-order valence-corrected chi connectivity index (χ3v) is 7.22. The molecule has 0 amide bonds. The van der Waals surface area contributed by atoms with E-state index in [4.69, 9.17) is 4.98 Å². The zero-order valence-electron chi connectivity index (χ0n) is 17.8. The van der Waals surface area contributed by atoms with E-state index in [-0.39, 0.29) is 0 Å². The van der Waals surface area contributed by atoms with Crippen LogP contribution in [0.15, 0.2) is 12.3 Å². The summed E-state index contributed by atoms with van der Waals surface area (Å²) in [7, 11) is 0. The highest BCUT2D eigenvalue weighted by Crippen LogP contribution is 2.29. The second-order valence-corrected chi connectivity index (χ2v) is 9.16. The molecule has 1 aromatic heterocycles. The zero-order chi connectivity index (χ0) is 19.2. The largest absolute Gasteiger partial charge is 0.356 e. The van der Waals surface area contributed by atoms with Crippen LogP contribution in [0.4, 0.5) is 11.8 Å². The second kappa shape index (κ2) is 9.91. The molecule has 3 aliphatic rings. The lowest BCUT2D eigenvalue weighted by Gasteiger charge is -2.45. The van der Waals surface area contributed by atoms with Gasteiger partial charge in [-0.05, 0) is 58.1 Å². The Morgan fingerprint density at radius 3 is 2.36 bits per heavy atom. The molecular formula is C23H39N5. The van der Waals surface area contributed by atoms with Crippen LogP contribution in [0.1, 0.15) is 84.0 Å². The van der Waals surface area contributed by atoms with Gasteiger partial charge in [0.1, 0.15) is 5.82 Å². The molecule has 0 radical (unpaired) electrons. The first kappa shape index (κ1) is 19.9. The summed E-state index contributed by atoms with van der Waals surface area (Å²) in [5, 5.41) is 3.72. The molecule has 5 nitrogen and oxygen atoms in total. The first-order valence-corrected chi connectivity index (χ1v) is 11.9. The van der Waals surface area contributed by atoms with Crippen LogP contribution in [-0.2, 0) is 0 Å². The number of anilines is 2. The van der Waals surface area contributed by atoms with Crippen molar-refractivity contribution in [1.29, 1.82) is 0 Å². The van der Waals surface area contributed by atoms with E-state index in [1.54, 1.807) is 0 Å². The van der Waals surface area contributed by atoms with E-state index < -0.39 is 0 Å². The first-order chi connectivity index (χ1) is 13.8. The molecule has 1 aliphatic carbocycles. The van der Waals surface area contributed by atoms with Gasteiger partial charge in [-0.15, -0.1) is 0 Å². The molecule has 1 aromatic rings. The van der Waals surface area contributed by atoms with Gasteiger partial charge >= 0.3 is 0 Å². The van der Waals surface area contributed by atoms with Crippen LogP contribution in [0.5, 0.6) is 0 Å². The number of rotatable bonds is 4. The average molecular weight is 386 g/mol. The molecule has 2 saturated heterocycles. The van der Waals surface area contributed by atoms with E-state index >= 15 is 0 Å². The summed E-state index contributed by atoms with van der Waals surface area (Å²) in [5.74, 6) is 1.92. The molecule has 0 bridgehead atoms. The van der Waals surface area contributed by atoms with Crippen LogP contribution in [0.3, 0.4) is 0 Å². The second-order valence-electron chi connectivity index (χ2n) is 9.16. The SMILES string of the molecule is C[C@@H]1[C@@H](Nc2nccc(N3CCCCCCC3)n2)CCCN1C1CCCCC1. The van der Waals surface area contributed by atoms with Crippen molar-refractivity contribution >= 4 is 11.8 Å². The molecule has 5 heteroatoms. The minimum atomic E-state index is 0.457. The van der Waals surface area contributed by atoms with Crippen molar-refractivity contribution in [1.82, 2.24) is 14.9 Å². The van der Waals surface area contributed by atoms with Crippen molar-refractivity contribution in [2.45, 2.75) is 102 Å². The Labute approximate surface area is 171 Å². The van der Waals surface area contributed by atoms with Crippen molar-refractivity contribution in [3.8, 4) is 0 Å². The summed E-state index contributed by atoms with van der Waals surface area (Å²) in [4.78, 5) is 14.7.